The number of aromatic nitrogens is 2. The second-order valence-corrected chi connectivity index (χ2v) is 2.98. The van der Waals surface area contributed by atoms with Crippen LogP contribution in [0.3, 0.4) is 0 Å². The number of anilines is 1. The van der Waals surface area contributed by atoms with E-state index in [2.05, 4.69) is 10.2 Å². The molecule has 0 aliphatic heterocycles. The Kier molecular flexibility index (Phi) is 2.03. The Morgan fingerprint density at radius 2 is 2.07 bits per heavy atom. The second kappa shape index (κ2) is 3.23. The third-order valence-electron chi connectivity index (χ3n) is 1.97. The second-order valence-electron chi connectivity index (χ2n) is 2.98. The van der Waals surface area contributed by atoms with Crippen molar-refractivity contribution < 1.29 is 13.9 Å². The minimum atomic E-state index is -0.888. The maximum atomic E-state index is 13.4. The summed E-state index contributed by atoms with van der Waals surface area (Å²) in [6, 6.07) is 1.48. The van der Waals surface area contributed by atoms with Gasteiger partial charge in [-0.1, -0.05) is 0 Å². The van der Waals surface area contributed by atoms with E-state index in [1.165, 1.54) is 6.20 Å². The normalized spacial score (nSPS) is 10.5. The molecule has 0 amide bonds. The Labute approximate surface area is 83.4 Å². The average Bonchev–Trinajstić information content (AvgIpc) is 2.50. The highest BCUT2D eigenvalue weighted by molar-refractivity contribution is 5.78. The van der Waals surface area contributed by atoms with E-state index < -0.39 is 17.4 Å². The van der Waals surface area contributed by atoms with Gasteiger partial charge in [-0.2, -0.15) is 5.10 Å². The summed E-state index contributed by atoms with van der Waals surface area (Å²) in [6.07, 6.45) is 1.26. The number of benzene rings is 1. The number of aromatic hydroxyl groups is 1. The molecule has 0 saturated carbocycles. The number of aromatic amines is 1. The fourth-order valence-electron chi connectivity index (χ4n) is 1.32. The number of nitrogen functional groups attached to an aromatic ring is 1. The van der Waals surface area contributed by atoms with Gasteiger partial charge in [0.1, 0.15) is 23.2 Å². The lowest BCUT2D eigenvalue weighted by Crippen LogP contribution is -1.91. The standard InChI is InChI=1S/C9H7F2N3O/c10-4-1-6(11)8(7(15)2-4)5-3-13-14-9(5)12/h1-3,15H,(H3,12,13,14). The van der Waals surface area contributed by atoms with E-state index >= 15 is 0 Å². The molecule has 1 aromatic heterocycles. The number of rotatable bonds is 1. The third kappa shape index (κ3) is 1.50. The lowest BCUT2D eigenvalue weighted by atomic mass is 10.1. The van der Waals surface area contributed by atoms with Crippen molar-refractivity contribution in [3.05, 3.63) is 30.0 Å². The highest BCUT2D eigenvalue weighted by Crippen LogP contribution is 2.34. The summed E-state index contributed by atoms with van der Waals surface area (Å²) in [6.45, 7) is 0. The minimum absolute atomic E-state index is 0.107. The highest BCUT2D eigenvalue weighted by atomic mass is 19.1. The number of hydrogen-bond donors (Lipinski definition) is 3. The van der Waals surface area contributed by atoms with Gasteiger partial charge in [-0.25, -0.2) is 8.78 Å². The number of nitrogens with zero attached hydrogens (tertiary/aromatic N) is 1. The van der Waals surface area contributed by atoms with Gasteiger partial charge in [-0.05, 0) is 0 Å². The summed E-state index contributed by atoms with van der Waals surface area (Å²) >= 11 is 0. The molecular formula is C9H7F2N3O. The van der Waals surface area contributed by atoms with Crippen molar-refractivity contribution in [3.8, 4) is 16.9 Å². The van der Waals surface area contributed by atoms with Gasteiger partial charge in [0, 0.05) is 12.1 Å². The van der Waals surface area contributed by atoms with Crippen molar-refractivity contribution in [2.24, 2.45) is 0 Å². The monoisotopic (exact) mass is 211 g/mol. The molecule has 0 unspecified atom stereocenters. The van der Waals surface area contributed by atoms with E-state index in [1.807, 2.05) is 0 Å². The van der Waals surface area contributed by atoms with Gasteiger partial charge in [-0.3, -0.25) is 5.10 Å². The van der Waals surface area contributed by atoms with Crippen LogP contribution in [0.25, 0.3) is 11.1 Å². The van der Waals surface area contributed by atoms with Crippen molar-refractivity contribution >= 4 is 5.82 Å². The molecule has 4 N–H and O–H groups in total. The smallest absolute Gasteiger partial charge is 0.137 e. The van der Waals surface area contributed by atoms with Gasteiger partial charge in [0.15, 0.2) is 0 Å². The molecule has 15 heavy (non-hydrogen) atoms. The first-order valence-electron chi connectivity index (χ1n) is 4.07. The van der Waals surface area contributed by atoms with E-state index in [0.717, 1.165) is 6.07 Å². The quantitative estimate of drug-likeness (QED) is 0.671. The lowest BCUT2D eigenvalue weighted by Gasteiger charge is -2.04. The molecule has 1 aromatic carbocycles. The first-order chi connectivity index (χ1) is 7.09. The number of H-pyrrole nitrogens is 1. The number of hydrogen-bond acceptors (Lipinski definition) is 3. The Morgan fingerprint density at radius 1 is 1.33 bits per heavy atom. The Hall–Kier alpha value is -2.11. The summed E-state index contributed by atoms with van der Waals surface area (Å²) in [4.78, 5) is 0. The van der Waals surface area contributed by atoms with Gasteiger partial charge in [0.25, 0.3) is 0 Å². The predicted octanol–water partition coefficient (Wildman–Crippen LogP) is 1.64. The first-order valence-corrected chi connectivity index (χ1v) is 4.07. The fourth-order valence-corrected chi connectivity index (χ4v) is 1.32. The van der Waals surface area contributed by atoms with Crippen molar-refractivity contribution in [1.82, 2.24) is 10.2 Å². The molecule has 1 heterocycles. The van der Waals surface area contributed by atoms with Crippen LogP contribution in [-0.2, 0) is 0 Å². The third-order valence-corrected chi connectivity index (χ3v) is 1.97. The zero-order chi connectivity index (χ0) is 11.0. The van der Waals surface area contributed by atoms with E-state index in [-0.39, 0.29) is 16.9 Å². The summed E-state index contributed by atoms with van der Waals surface area (Å²) in [5.41, 5.74) is 5.49. The molecular weight excluding hydrogens is 204 g/mol. The van der Waals surface area contributed by atoms with E-state index in [1.54, 1.807) is 0 Å². The number of halogens is 2. The predicted molar refractivity (Wildman–Crippen MR) is 50.0 cm³/mol. The van der Waals surface area contributed by atoms with Crippen LogP contribution in [-0.4, -0.2) is 15.3 Å². The van der Waals surface area contributed by atoms with Crippen molar-refractivity contribution in [1.29, 1.82) is 0 Å². The molecule has 2 aromatic rings. The van der Waals surface area contributed by atoms with Gasteiger partial charge in [0.05, 0.1) is 17.3 Å². The minimum Gasteiger partial charge on any atom is -0.507 e. The van der Waals surface area contributed by atoms with Crippen molar-refractivity contribution in [2.75, 3.05) is 5.73 Å². The van der Waals surface area contributed by atoms with Crippen LogP contribution in [0.2, 0.25) is 0 Å². The van der Waals surface area contributed by atoms with Gasteiger partial charge < -0.3 is 10.8 Å². The fraction of sp³-hybridized carbons (Fsp3) is 0. The van der Waals surface area contributed by atoms with Crippen molar-refractivity contribution in [2.45, 2.75) is 0 Å². The Morgan fingerprint density at radius 3 is 2.60 bits per heavy atom. The van der Waals surface area contributed by atoms with Crippen LogP contribution >= 0.6 is 0 Å². The molecule has 78 valence electrons. The molecule has 6 heteroatoms. The van der Waals surface area contributed by atoms with Gasteiger partial charge >= 0.3 is 0 Å². The van der Waals surface area contributed by atoms with Crippen LogP contribution in [0.5, 0.6) is 5.75 Å². The molecule has 0 fully saturated rings. The van der Waals surface area contributed by atoms with Crippen LogP contribution in [0, 0.1) is 11.6 Å². The van der Waals surface area contributed by atoms with Crippen LogP contribution in [0.4, 0.5) is 14.6 Å². The maximum absolute atomic E-state index is 13.4. The molecule has 0 saturated heterocycles. The molecule has 0 aliphatic carbocycles. The SMILES string of the molecule is Nc1[nH]ncc1-c1c(O)cc(F)cc1F. The van der Waals surface area contributed by atoms with Crippen LogP contribution in [0.1, 0.15) is 0 Å². The number of nitrogens with one attached hydrogen (secondary N) is 1. The zero-order valence-electron chi connectivity index (χ0n) is 7.46. The van der Waals surface area contributed by atoms with Gasteiger partial charge in [0.2, 0.25) is 0 Å². The first kappa shape index (κ1) is 9.45. The van der Waals surface area contributed by atoms with Crippen molar-refractivity contribution in [3.63, 3.8) is 0 Å². The van der Waals surface area contributed by atoms with Crippen LogP contribution < -0.4 is 5.73 Å². The maximum Gasteiger partial charge on any atom is 0.137 e. The number of phenols is 1. The number of phenolic OH excluding ortho intramolecular Hbond substituents is 1. The molecule has 0 radical (unpaired) electrons. The van der Waals surface area contributed by atoms with Crippen LogP contribution in [0.15, 0.2) is 18.3 Å². The van der Waals surface area contributed by atoms with E-state index in [4.69, 9.17) is 5.73 Å². The topological polar surface area (TPSA) is 74.9 Å². The summed E-state index contributed by atoms with van der Waals surface area (Å²) < 4.78 is 26.1. The average molecular weight is 211 g/mol. The Balaban J connectivity index is 2.68. The molecule has 2 rings (SSSR count). The molecule has 0 bridgehead atoms. The summed E-state index contributed by atoms with van der Waals surface area (Å²) in [5, 5.41) is 15.4. The molecule has 4 nitrogen and oxygen atoms in total. The van der Waals surface area contributed by atoms with E-state index in [0.29, 0.717) is 6.07 Å². The molecule has 0 atom stereocenters. The lowest BCUT2D eigenvalue weighted by molar-refractivity contribution is 0.463. The Bertz CT molecular complexity index is 487. The molecule has 0 aliphatic rings. The molecule has 0 spiro atoms. The summed E-state index contributed by atoms with van der Waals surface area (Å²) in [5.74, 6) is -2.15. The van der Waals surface area contributed by atoms with Gasteiger partial charge in [-0.15, -0.1) is 0 Å². The highest BCUT2D eigenvalue weighted by Gasteiger charge is 2.16. The number of nitrogens with two attached hydrogens (primary N) is 1. The largest absolute Gasteiger partial charge is 0.507 e. The zero-order valence-corrected chi connectivity index (χ0v) is 7.46. The summed E-state index contributed by atoms with van der Waals surface area (Å²) in [7, 11) is 0. The van der Waals surface area contributed by atoms with E-state index in [9.17, 15) is 13.9 Å².